The van der Waals surface area contributed by atoms with Crippen LogP contribution in [0, 0.1) is 13.8 Å². The zero-order valence-electron chi connectivity index (χ0n) is 26.0. The lowest BCUT2D eigenvalue weighted by Gasteiger charge is -2.57. The number of carboxylic acid groups (broad SMARTS) is 1. The third kappa shape index (κ3) is 4.89. The van der Waals surface area contributed by atoms with Crippen LogP contribution in [-0.4, -0.2) is 108 Å². The van der Waals surface area contributed by atoms with Crippen molar-refractivity contribution >= 4 is 35.3 Å². The monoisotopic (exact) mass is 632 g/mol. The van der Waals surface area contributed by atoms with Crippen LogP contribution >= 0.6 is 0 Å². The first-order valence-corrected chi connectivity index (χ1v) is 15.6. The molecular weight excluding hydrogens is 596 g/mol. The van der Waals surface area contributed by atoms with Crippen LogP contribution in [0.25, 0.3) is 0 Å². The van der Waals surface area contributed by atoms with Crippen molar-refractivity contribution in [1.82, 2.24) is 15.1 Å². The van der Waals surface area contributed by atoms with Crippen molar-refractivity contribution in [3.63, 3.8) is 0 Å². The van der Waals surface area contributed by atoms with E-state index in [1.54, 1.807) is 6.07 Å². The smallest absolute Gasteiger partial charge is 0.335 e. The highest BCUT2D eigenvalue weighted by Gasteiger charge is 2.51. The van der Waals surface area contributed by atoms with Crippen LogP contribution in [0.3, 0.4) is 0 Å². The molecule has 1 unspecified atom stereocenters. The number of methoxy groups -OCH3 is 1. The molecule has 5 aliphatic rings. The number of imide groups is 2. The van der Waals surface area contributed by atoms with Gasteiger partial charge in [0, 0.05) is 44.1 Å². The SMILES string of the molecule is COc1cc2c(cc1OC1CC(N3CCOC4(CN(c5ccc(C(=O)O)c(C)c5C)C4)C3)C1)C(=O)N(C1CCC(=O)NC1=O)C2=O. The number of aromatic carboxylic acids is 1. The number of morpholine rings is 1. The summed E-state index contributed by atoms with van der Waals surface area (Å²) in [4.78, 5) is 67.6. The van der Waals surface area contributed by atoms with Crippen LogP contribution in [-0.2, 0) is 14.3 Å². The van der Waals surface area contributed by atoms with Crippen molar-refractivity contribution < 1.29 is 43.3 Å². The number of fused-ring (bicyclic) bond motifs is 1. The van der Waals surface area contributed by atoms with Gasteiger partial charge in [0.1, 0.15) is 17.7 Å². The molecule has 4 fully saturated rings. The van der Waals surface area contributed by atoms with E-state index in [0.717, 1.165) is 60.7 Å². The maximum atomic E-state index is 13.3. The third-order valence-corrected chi connectivity index (χ3v) is 10.2. The summed E-state index contributed by atoms with van der Waals surface area (Å²) in [6.07, 6.45) is 1.59. The number of hydrogen-bond acceptors (Lipinski definition) is 10. The number of piperidine rings is 1. The number of benzene rings is 2. The third-order valence-electron chi connectivity index (χ3n) is 10.2. The fourth-order valence-corrected chi connectivity index (χ4v) is 7.42. The lowest BCUT2D eigenvalue weighted by Crippen LogP contribution is -2.72. The minimum Gasteiger partial charge on any atom is -0.493 e. The molecule has 4 aliphatic heterocycles. The van der Waals surface area contributed by atoms with Gasteiger partial charge in [-0.2, -0.15) is 0 Å². The standard InChI is InChI=1S/C33H36N4O9/c1-17-18(2)24(5-4-21(17)32(42)43)36-15-33(16-36)14-35(8-9-45-33)19-10-20(11-19)46-27-13-23-22(12-26(27)44-3)30(40)37(31(23)41)25-6-7-28(38)34-29(25)39/h4-5,12-13,19-20,25H,6-11,14-16H2,1-3H3,(H,42,43)(H,34,38,39). The Morgan fingerprint density at radius 2 is 1.70 bits per heavy atom. The summed E-state index contributed by atoms with van der Waals surface area (Å²) in [7, 11) is 1.47. The van der Waals surface area contributed by atoms with E-state index in [-0.39, 0.29) is 35.7 Å². The van der Waals surface area contributed by atoms with E-state index in [1.165, 1.54) is 19.2 Å². The van der Waals surface area contributed by atoms with Gasteiger partial charge < -0.3 is 24.2 Å². The number of anilines is 1. The lowest BCUT2D eigenvalue weighted by atomic mass is 9.84. The van der Waals surface area contributed by atoms with E-state index in [9.17, 15) is 29.1 Å². The Bertz CT molecular complexity index is 1680. The first-order valence-electron chi connectivity index (χ1n) is 15.6. The van der Waals surface area contributed by atoms with Gasteiger partial charge in [-0.3, -0.25) is 34.3 Å². The Morgan fingerprint density at radius 1 is 1.00 bits per heavy atom. The predicted octanol–water partition coefficient (Wildman–Crippen LogP) is 1.91. The van der Waals surface area contributed by atoms with Crippen molar-refractivity contribution in [1.29, 1.82) is 0 Å². The molecule has 0 radical (unpaired) electrons. The van der Waals surface area contributed by atoms with Gasteiger partial charge in [-0.1, -0.05) is 0 Å². The average molecular weight is 633 g/mol. The highest BCUT2D eigenvalue weighted by atomic mass is 16.5. The second-order valence-corrected chi connectivity index (χ2v) is 12.9. The first-order chi connectivity index (χ1) is 22.0. The van der Waals surface area contributed by atoms with E-state index in [1.807, 2.05) is 19.9 Å². The van der Waals surface area contributed by atoms with Gasteiger partial charge in [-0.05, 0) is 55.7 Å². The molecule has 1 spiro atoms. The fourth-order valence-electron chi connectivity index (χ4n) is 7.42. The Labute approximate surface area is 265 Å². The number of hydrogen-bond donors (Lipinski definition) is 2. The molecule has 1 aliphatic carbocycles. The summed E-state index contributed by atoms with van der Waals surface area (Å²) < 4.78 is 18.1. The molecule has 3 saturated heterocycles. The summed E-state index contributed by atoms with van der Waals surface area (Å²) in [5.41, 5.74) is 3.12. The summed E-state index contributed by atoms with van der Waals surface area (Å²) >= 11 is 0. The molecule has 1 saturated carbocycles. The molecule has 46 heavy (non-hydrogen) atoms. The van der Waals surface area contributed by atoms with Crippen molar-refractivity contribution in [2.75, 3.05) is 44.8 Å². The maximum absolute atomic E-state index is 13.3. The van der Waals surface area contributed by atoms with Crippen LogP contribution in [0.1, 0.15) is 67.9 Å². The number of carbonyl (C=O) groups is 5. The topological polar surface area (TPSA) is 155 Å². The van der Waals surface area contributed by atoms with E-state index in [4.69, 9.17) is 14.2 Å². The summed E-state index contributed by atoms with van der Waals surface area (Å²) in [6, 6.07) is 5.83. The van der Waals surface area contributed by atoms with Crippen LogP contribution in [0.15, 0.2) is 24.3 Å². The second-order valence-electron chi connectivity index (χ2n) is 12.9. The quantitative estimate of drug-likeness (QED) is 0.430. The van der Waals surface area contributed by atoms with Gasteiger partial charge in [0.15, 0.2) is 11.5 Å². The molecule has 13 nitrogen and oxygen atoms in total. The molecule has 1 atom stereocenters. The zero-order chi connectivity index (χ0) is 32.5. The zero-order valence-corrected chi connectivity index (χ0v) is 26.0. The molecule has 2 aromatic carbocycles. The van der Waals surface area contributed by atoms with E-state index in [0.29, 0.717) is 29.7 Å². The lowest BCUT2D eigenvalue weighted by molar-refractivity contribution is -0.145. The molecule has 0 aromatic heterocycles. The van der Waals surface area contributed by atoms with Gasteiger partial charge in [0.2, 0.25) is 11.8 Å². The van der Waals surface area contributed by atoms with Crippen molar-refractivity contribution in [2.45, 2.75) is 63.3 Å². The molecule has 2 aromatic rings. The first kappa shape index (κ1) is 30.2. The van der Waals surface area contributed by atoms with Gasteiger partial charge in [0.25, 0.3) is 11.8 Å². The van der Waals surface area contributed by atoms with Gasteiger partial charge >= 0.3 is 5.97 Å². The second kappa shape index (κ2) is 11.1. The molecule has 4 heterocycles. The highest BCUT2D eigenvalue weighted by Crippen LogP contribution is 2.42. The van der Waals surface area contributed by atoms with Crippen LogP contribution < -0.4 is 19.7 Å². The highest BCUT2D eigenvalue weighted by molar-refractivity contribution is 6.23. The molecule has 7 rings (SSSR count). The molecular formula is C33H36N4O9. The van der Waals surface area contributed by atoms with E-state index >= 15 is 0 Å². The Balaban J connectivity index is 0.976. The summed E-state index contributed by atoms with van der Waals surface area (Å²) in [6.45, 7) is 7.51. The largest absolute Gasteiger partial charge is 0.493 e. The number of rotatable bonds is 7. The number of amides is 4. The van der Waals surface area contributed by atoms with Crippen molar-refractivity contribution in [2.24, 2.45) is 0 Å². The van der Waals surface area contributed by atoms with Crippen LogP contribution in [0.2, 0.25) is 0 Å². The molecule has 2 N–H and O–H groups in total. The number of carboxylic acids is 1. The van der Waals surface area contributed by atoms with Crippen molar-refractivity contribution in [3.05, 3.63) is 52.1 Å². The average Bonchev–Trinajstić information content (AvgIpc) is 3.22. The van der Waals surface area contributed by atoms with E-state index < -0.39 is 35.6 Å². The number of nitrogens with zero attached hydrogens (tertiary/aromatic N) is 3. The van der Waals surface area contributed by atoms with Crippen LogP contribution in [0.4, 0.5) is 5.69 Å². The molecule has 242 valence electrons. The molecule has 13 heteroatoms. The van der Waals surface area contributed by atoms with Gasteiger partial charge in [-0.15, -0.1) is 0 Å². The van der Waals surface area contributed by atoms with E-state index in [2.05, 4.69) is 15.1 Å². The Kier molecular flexibility index (Phi) is 7.28. The fraction of sp³-hybridized carbons (Fsp3) is 0.485. The Morgan fingerprint density at radius 3 is 2.35 bits per heavy atom. The minimum absolute atomic E-state index is 0.0502. The normalized spacial score (nSPS) is 25.6. The maximum Gasteiger partial charge on any atom is 0.335 e. The predicted molar refractivity (Wildman–Crippen MR) is 162 cm³/mol. The van der Waals surface area contributed by atoms with Gasteiger partial charge in [-0.25, -0.2) is 4.79 Å². The number of nitrogens with one attached hydrogen (secondary N) is 1. The molecule has 0 bridgehead atoms. The number of ether oxygens (including phenoxy) is 3. The minimum atomic E-state index is -1.04. The number of carbonyl (C=O) groups excluding carboxylic acids is 4. The van der Waals surface area contributed by atoms with Crippen molar-refractivity contribution in [3.8, 4) is 11.5 Å². The summed E-state index contributed by atoms with van der Waals surface area (Å²) in [5, 5.41) is 11.7. The summed E-state index contributed by atoms with van der Waals surface area (Å²) in [5.74, 6) is -2.50. The molecule has 4 amide bonds. The van der Waals surface area contributed by atoms with Gasteiger partial charge in [0.05, 0.1) is 43.5 Å². The van der Waals surface area contributed by atoms with Crippen LogP contribution in [0.5, 0.6) is 11.5 Å². The Hall–Kier alpha value is -4.49.